The van der Waals surface area contributed by atoms with Crippen LogP contribution in [-0.2, 0) is 9.53 Å². The number of esters is 1. The number of ether oxygens (including phenoxy) is 1. The number of carbonyl (C=O) groups is 2. The Bertz CT molecular complexity index is 567. The molecule has 0 atom stereocenters. The van der Waals surface area contributed by atoms with E-state index in [2.05, 4.69) is 9.73 Å². The fourth-order valence-corrected chi connectivity index (χ4v) is 1.33. The summed E-state index contributed by atoms with van der Waals surface area (Å²) in [7, 11) is 1.25. The molecule has 0 unspecified atom stereocenters. The highest BCUT2D eigenvalue weighted by atomic mass is 35.5. The van der Waals surface area contributed by atoms with Crippen molar-refractivity contribution in [1.82, 2.24) is 0 Å². The molecule has 0 saturated carbocycles. The molecule has 0 aliphatic rings. The van der Waals surface area contributed by atoms with E-state index in [0.29, 0.717) is 5.69 Å². The number of aliphatic imine (C=N–C) groups is 1. The van der Waals surface area contributed by atoms with Gasteiger partial charge in [-0.25, -0.2) is 9.59 Å². The van der Waals surface area contributed by atoms with Gasteiger partial charge in [0.2, 0.25) is 0 Å². The highest BCUT2D eigenvalue weighted by molar-refractivity contribution is 6.51. The second kappa shape index (κ2) is 6.92. The van der Waals surface area contributed by atoms with E-state index in [1.165, 1.54) is 13.2 Å². The number of halogens is 2. The number of rotatable bonds is 4. The highest BCUT2D eigenvalue weighted by Gasteiger charge is 2.11. The standard InChI is InChI=1S/C12H9Cl2NO4/c1-19-12(18)7-4-2-3-5-9(7)15-6-8(13)10(14)11(16)17/h2-6H,1H3,(H,16,17). The van der Waals surface area contributed by atoms with E-state index < -0.39 is 17.0 Å². The quantitative estimate of drug-likeness (QED) is 0.527. The monoisotopic (exact) mass is 301 g/mol. The molecule has 100 valence electrons. The van der Waals surface area contributed by atoms with Crippen molar-refractivity contribution in [3.8, 4) is 0 Å². The van der Waals surface area contributed by atoms with Gasteiger partial charge in [-0.05, 0) is 12.1 Å². The van der Waals surface area contributed by atoms with Gasteiger partial charge < -0.3 is 9.84 Å². The molecule has 0 aromatic heterocycles. The molecule has 7 heteroatoms. The van der Waals surface area contributed by atoms with Crippen LogP contribution in [0, 0.1) is 0 Å². The van der Waals surface area contributed by atoms with Crippen molar-refractivity contribution < 1.29 is 19.4 Å². The van der Waals surface area contributed by atoms with Gasteiger partial charge in [-0.3, -0.25) is 4.99 Å². The van der Waals surface area contributed by atoms with Gasteiger partial charge in [-0.2, -0.15) is 0 Å². The number of carbonyl (C=O) groups excluding carboxylic acids is 1. The van der Waals surface area contributed by atoms with Gasteiger partial charge in [0, 0.05) is 6.21 Å². The summed E-state index contributed by atoms with van der Waals surface area (Å²) >= 11 is 11.1. The molecular formula is C12H9Cl2NO4. The van der Waals surface area contributed by atoms with Gasteiger partial charge >= 0.3 is 11.9 Å². The Morgan fingerprint density at radius 3 is 2.53 bits per heavy atom. The number of hydrogen-bond donors (Lipinski definition) is 1. The predicted molar refractivity (Wildman–Crippen MR) is 72.3 cm³/mol. The minimum absolute atomic E-state index is 0.233. The van der Waals surface area contributed by atoms with Crippen molar-refractivity contribution in [2.24, 2.45) is 4.99 Å². The zero-order valence-corrected chi connectivity index (χ0v) is 11.3. The van der Waals surface area contributed by atoms with E-state index in [-0.39, 0.29) is 10.6 Å². The van der Waals surface area contributed by atoms with Crippen molar-refractivity contribution in [1.29, 1.82) is 0 Å². The summed E-state index contributed by atoms with van der Waals surface area (Å²) in [6, 6.07) is 6.39. The lowest BCUT2D eigenvalue weighted by Gasteiger charge is -2.02. The maximum absolute atomic E-state index is 11.5. The summed E-state index contributed by atoms with van der Waals surface area (Å²) in [4.78, 5) is 25.9. The van der Waals surface area contributed by atoms with E-state index >= 15 is 0 Å². The summed E-state index contributed by atoms with van der Waals surface area (Å²) in [6.07, 6.45) is 1.06. The largest absolute Gasteiger partial charge is 0.477 e. The molecule has 0 fully saturated rings. The van der Waals surface area contributed by atoms with E-state index in [1.54, 1.807) is 18.2 Å². The second-order valence-electron chi connectivity index (χ2n) is 3.23. The van der Waals surface area contributed by atoms with E-state index in [9.17, 15) is 9.59 Å². The Labute approximate surface area is 119 Å². The van der Waals surface area contributed by atoms with Crippen LogP contribution < -0.4 is 0 Å². The van der Waals surface area contributed by atoms with Crippen LogP contribution in [0.15, 0.2) is 39.3 Å². The predicted octanol–water partition coefficient (Wildman–Crippen LogP) is 2.95. The van der Waals surface area contributed by atoms with Crippen LogP contribution in [0.25, 0.3) is 0 Å². The molecular weight excluding hydrogens is 293 g/mol. The third kappa shape index (κ3) is 4.08. The molecule has 0 saturated heterocycles. The number of benzene rings is 1. The number of aliphatic carboxylic acids is 1. The fourth-order valence-electron chi connectivity index (χ4n) is 1.15. The molecule has 1 rings (SSSR count). The maximum atomic E-state index is 11.5. The van der Waals surface area contributed by atoms with Crippen LogP contribution in [0.5, 0.6) is 0 Å². The fraction of sp³-hybridized carbons (Fsp3) is 0.0833. The zero-order valence-electron chi connectivity index (χ0n) is 9.76. The van der Waals surface area contributed by atoms with Gasteiger partial charge in [-0.15, -0.1) is 0 Å². The lowest BCUT2D eigenvalue weighted by atomic mass is 10.2. The number of para-hydroxylation sites is 1. The van der Waals surface area contributed by atoms with Gasteiger partial charge in [0.15, 0.2) is 0 Å². The second-order valence-corrected chi connectivity index (χ2v) is 4.02. The molecule has 0 aliphatic heterocycles. The lowest BCUT2D eigenvalue weighted by Crippen LogP contribution is -2.01. The number of nitrogens with zero attached hydrogens (tertiary/aromatic N) is 1. The van der Waals surface area contributed by atoms with Gasteiger partial charge in [0.25, 0.3) is 0 Å². The summed E-state index contributed by atoms with van der Waals surface area (Å²) < 4.78 is 4.59. The van der Waals surface area contributed by atoms with Crippen LogP contribution in [0.4, 0.5) is 5.69 Å². The van der Waals surface area contributed by atoms with E-state index in [0.717, 1.165) is 6.21 Å². The first-order chi connectivity index (χ1) is 8.97. The zero-order chi connectivity index (χ0) is 14.4. The average molecular weight is 302 g/mol. The summed E-state index contributed by atoms with van der Waals surface area (Å²) in [6.45, 7) is 0. The molecule has 0 bridgehead atoms. The first-order valence-electron chi connectivity index (χ1n) is 4.97. The van der Waals surface area contributed by atoms with Crippen molar-refractivity contribution in [3.05, 3.63) is 39.9 Å². The normalized spacial score (nSPS) is 12.2. The van der Waals surface area contributed by atoms with Gasteiger partial charge in [0.05, 0.1) is 23.4 Å². The lowest BCUT2D eigenvalue weighted by molar-refractivity contribution is -0.131. The minimum atomic E-state index is -1.36. The number of carboxylic acids is 1. The Balaban J connectivity index is 3.10. The molecule has 19 heavy (non-hydrogen) atoms. The molecule has 0 spiro atoms. The first-order valence-corrected chi connectivity index (χ1v) is 5.73. The summed E-state index contributed by atoms with van der Waals surface area (Å²) in [5.41, 5.74) is 0.527. The first kappa shape index (κ1) is 15.2. The van der Waals surface area contributed by atoms with Crippen LogP contribution >= 0.6 is 23.2 Å². The Kier molecular flexibility index (Phi) is 5.54. The number of methoxy groups -OCH3 is 1. The number of carboxylic acid groups (broad SMARTS) is 1. The minimum Gasteiger partial charge on any atom is -0.477 e. The van der Waals surface area contributed by atoms with Gasteiger partial charge in [0.1, 0.15) is 5.03 Å². The SMILES string of the molecule is COC(=O)c1ccccc1N=CC(Cl)=C(Cl)C(=O)O. The van der Waals surface area contributed by atoms with E-state index in [4.69, 9.17) is 28.3 Å². The maximum Gasteiger partial charge on any atom is 0.348 e. The number of allylic oxidation sites excluding steroid dienone is 1. The van der Waals surface area contributed by atoms with Crippen molar-refractivity contribution >= 4 is 47.0 Å². The molecule has 5 nitrogen and oxygen atoms in total. The van der Waals surface area contributed by atoms with Crippen molar-refractivity contribution in [2.75, 3.05) is 7.11 Å². The molecule has 0 radical (unpaired) electrons. The van der Waals surface area contributed by atoms with Crippen LogP contribution in [-0.4, -0.2) is 30.4 Å². The number of hydrogen-bond acceptors (Lipinski definition) is 4. The topological polar surface area (TPSA) is 76.0 Å². The van der Waals surface area contributed by atoms with Crippen LogP contribution in [0.1, 0.15) is 10.4 Å². The Morgan fingerprint density at radius 1 is 1.32 bits per heavy atom. The molecule has 1 aromatic rings. The van der Waals surface area contributed by atoms with Gasteiger partial charge in [-0.1, -0.05) is 35.3 Å². The third-order valence-corrected chi connectivity index (χ3v) is 2.77. The van der Waals surface area contributed by atoms with Crippen LogP contribution in [0.3, 0.4) is 0 Å². The molecule has 0 aliphatic carbocycles. The Hall–Kier alpha value is -1.85. The molecule has 1 aromatic carbocycles. The third-order valence-electron chi connectivity index (χ3n) is 2.02. The molecule has 0 heterocycles. The smallest absolute Gasteiger partial charge is 0.348 e. The average Bonchev–Trinajstić information content (AvgIpc) is 2.43. The summed E-state index contributed by atoms with van der Waals surface area (Å²) in [5, 5.41) is 7.82. The molecule has 1 N–H and O–H groups in total. The molecule has 0 amide bonds. The highest BCUT2D eigenvalue weighted by Crippen LogP contribution is 2.20. The van der Waals surface area contributed by atoms with Crippen molar-refractivity contribution in [3.63, 3.8) is 0 Å². The van der Waals surface area contributed by atoms with Crippen molar-refractivity contribution in [2.45, 2.75) is 0 Å². The summed E-state index contributed by atoms with van der Waals surface area (Å²) in [5.74, 6) is -1.92. The van der Waals surface area contributed by atoms with Crippen LogP contribution in [0.2, 0.25) is 0 Å². The van der Waals surface area contributed by atoms with E-state index in [1.807, 2.05) is 0 Å². The Morgan fingerprint density at radius 2 is 1.95 bits per heavy atom.